The lowest BCUT2D eigenvalue weighted by molar-refractivity contribution is 0.282. The Kier molecular flexibility index (Phi) is 4.50. The van der Waals surface area contributed by atoms with Gasteiger partial charge in [-0.1, -0.05) is 33.6 Å². The molecule has 0 fully saturated rings. The van der Waals surface area contributed by atoms with E-state index in [1.807, 2.05) is 26.0 Å². The molecule has 0 amide bonds. The van der Waals surface area contributed by atoms with Gasteiger partial charge in [-0.25, -0.2) is 0 Å². The first-order chi connectivity index (χ1) is 9.01. The highest BCUT2D eigenvalue weighted by atomic mass is 79.9. The zero-order valence-electron chi connectivity index (χ0n) is 10.7. The van der Waals surface area contributed by atoms with E-state index in [9.17, 15) is 0 Å². The molecule has 100 valence electrons. The molecule has 19 heavy (non-hydrogen) atoms. The van der Waals surface area contributed by atoms with Gasteiger partial charge in [0.1, 0.15) is 11.5 Å². The molecule has 0 aromatic heterocycles. The van der Waals surface area contributed by atoms with Crippen LogP contribution in [0, 0.1) is 13.8 Å². The SMILES string of the molecule is Cc1cc(Oc2ccc(CO)c(Cl)c2)cc(C)c1Br. The monoisotopic (exact) mass is 340 g/mol. The molecule has 0 aliphatic carbocycles. The van der Waals surface area contributed by atoms with Crippen LogP contribution in [-0.2, 0) is 6.61 Å². The van der Waals surface area contributed by atoms with Gasteiger partial charge in [-0.15, -0.1) is 0 Å². The Morgan fingerprint density at radius 3 is 2.26 bits per heavy atom. The van der Waals surface area contributed by atoms with Crippen molar-refractivity contribution in [2.24, 2.45) is 0 Å². The summed E-state index contributed by atoms with van der Waals surface area (Å²) in [5, 5.41) is 9.58. The normalized spacial score (nSPS) is 10.6. The third kappa shape index (κ3) is 3.30. The number of ether oxygens (including phenoxy) is 1. The van der Waals surface area contributed by atoms with Gasteiger partial charge in [-0.05, 0) is 54.8 Å². The second-order valence-corrected chi connectivity index (χ2v) is 5.58. The fraction of sp³-hybridized carbons (Fsp3) is 0.200. The lowest BCUT2D eigenvalue weighted by Crippen LogP contribution is -1.90. The Morgan fingerprint density at radius 1 is 1.11 bits per heavy atom. The molecule has 2 aromatic rings. The van der Waals surface area contributed by atoms with Gasteiger partial charge >= 0.3 is 0 Å². The molecular weight excluding hydrogens is 328 g/mol. The Hall–Kier alpha value is -1.03. The van der Waals surface area contributed by atoms with Crippen molar-refractivity contribution in [2.45, 2.75) is 20.5 Å². The summed E-state index contributed by atoms with van der Waals surface area (Å²) in [4.78, 5) is 0. The summed E-state index contributed by atoms with van der Waals surface area (Å²) in [6.07, 6.45) is 0. The van der Waals surface area contributed by atoms with Crippen LogP contribution in [0.25, 0.3) is 0 Å². The fourth-order valence-corrected chi connectivity index (χ4v) is 2.28. The van der Waals surface area contributed by atoms with E-state index in [-0.39, 0.29) is 6.61 Å². The van der Waals surface area contributed by atoms with E-state index in [2.05, 4.69) is 15.9 Å². The van der Waals surface area contributed by atoms with Crippen LogP contribution in [0.2, 0.25) is 5.02 Å². The zero-order valence-corrected chi connectivity index (χ0v) is 13.0. The molecule has 0 atom stereocenters. The maximum Gasteiger partial charge on any atom is 0.128 e. The quantitative estimate of drug-likeness (QED) is 0.851. The van der Waals surface area contributed by atoms with E-state index in [1.54, 1.807) is 18.2 Å². The van der Waals surface area contributed by atoms with Crippen molar-refractivity contribution in [2.75, 3.05) is 0 Å². The molecule has 2 nitrogen and oxygen atoms in total. The van der Waals surface area contributed by atoms with Crippen LogP contribution in [0.1, 0.15) is 16.7 Å². The number of aliphatic hydroxyl groups is 1. The van der Waals surface area contributed by atoms with E-state index in [0.29, 0.717) is 16.3 Å². The number of rotatable bonds is 3. The Labute approximate surface area is 126 Å². The summed E-state index contributed by atoms with van der Waals surface area (Å²) in [5.41, 5.74) is 2.93. The first-order valence-corrected chi connectivity index (χ1v) is 7.02. The molecule has 1 N–H and O–H groups in total. The zero-order chi connectivity index (χ0) is 14.0. The van der Waals surface area contributed by atoms with Gasteiger partial charge in [0.05, 0.1) is 6.61 Å². The second-order valence-electron chi connectivity index (χ2n) is 4.38. The van der Waals surface area contributed by atoms with Gasteiger partial charge in [0, 0.05) is 9.50 Å². The minimum absolute atomic E-state index is 0.0738. The molecule has 0 heterocycles. The highest BCUT2D eigenvalue weighted by molar-refractivity contribution is 9.10. The van der Waals surface area contributed by atoms with Gasteiger partial charge in [0.15, 0.2) is 0 Å². The van der Waals surface area contributed by atoms with Crippen molar-refractivity contribution < 1.29 is 9.84 Å². The van der Waals surface area contributed by atoms with Crippen molar-refractivity contribution in [3.63, 3.8) is 0 Å². The molecule has 0 radical (unpaired) electrons. The maximum absolute atomic E-state index is 9.07. The summed E-state index contributed by atoms with van der Waals surface area (Å²) in [7, 11) is 0. The fourth-order valence-electron chi connectivity index (χ4n) is 1.82. The van der Waals surface area contributed by atoms with E-state index in [4.69, 9.17) is 21.4 Å². The molecule has 2 aromatic carbocycles. The summed E-state index contributed by atoms with van der Waals surface area (Å²) < 4.78 is 6.88. The third-order valence-electron chi connectivity index (χ3n) is 2.84. The topological polar surface area (TPSA) is 29.5 Å². The van der Waals surface area contributed by atoms with Crippen LogP contribution in [0.4, 0.5) is 0 Å². The highest BCUT2D eigenvalue weighted by Crippen LogP contribution is 2.31. The first-order valence-electron chi connectivity index (χ1n) is 5.85. The standard InChI is InChI=1S/C15H14BrClO2/c1-9-5-13(6-10(2)15(9)16)19-12-4-3-11(8-18)14(17)7-12/h3-7,18H,8H2,1-2H3. The number of hydrogen-bond acceptors (Lipinski definition) is 2. The molecule has 2 rings (SSSR count). The molecule has 0 saturated heterocycles. The average Bonchev–Trinajstić information content (AvgIpc) is 2.36. The predicted octanol–water partition coefficient (Wildman–Crippen LogP) is 5.00. The number of aryl methyl sites for hydroxylation is 2. The summed E-state index contributed by atoms with van der Waals surface area (Å²) in [6, 6.07) is 9.19. The van der Waals surface area contributed by atoms with Crippen molar-refractivity contribution in [3.8, 4) is 11.5 Å². The molecular formula is C15H14BrClO2. The van der Waals surface area contributed by atoms with Gasteiger partial charge < -0.3 is 9.84 Å². The number of halogens is 2. The molecule has 0 aliphatic heterocycles. The second kappa shape index (κ2) is 5.95. The van der Waals surface area contributed by atoms with E-state index < -0.39 is 0 Å². The van der Waals surface area contributed by atoms with E-state index in [0.717, 1.165) is 21.3 Å². The Balaban J connectivity index is 2.29. The Morgan fingerprint density at radius 2 is 1.74 bits per heavy atom. The van der Waals surface area contributed by atoms with Gasteiger partial charge in [0.25, 0.3) is 0 Å². The molecule has 0 saturated carbocycles. The smallest absolute Gasteiger partial charge is 0.128 e. The number of hydrogen-bond donors (Lipinski definition) is 1. The minimum Gasteiger partial charge on any atom is -0.457 e. The van der Waals surface area contributed by atoms with Crippen molar-refractivity contribution >= 4 is 27.5 Å². The summed E-state index contributed by atoms with van der Waals surface area (Å²) in [6.45, 7) is 3.97. The van der Waals surface area contributed by atoms with Crippen LogP contribution in [0.15, 0.2) is 34.8 Å². The maximum atomic E-state index is 9.07. The molecule has 0 bridgehead atoms. The van der Waals surface area contributed by atoms with E-state index in [1.165, 1.54) is 0 Å². The molecule has 0 spiro atoms. The lowest BCUT2D eigenvalue weighted by atomic mass is 10.1. The first kappa shape index (κ1) is 14.4. The molecule has 0 unspecified atom stereocenters. The van der Waals surface area contributed by atoms with Gasteiger partial charge in [-0.2, -0.15) is 0 Å². The van der Waals surface area contributed by atoms with Gasteiger partial charge in [0.2, 0.25) is 0 Å². The van der Waals surface area contributed by atoms with Crippen LogP contribution in [0.3, 0.4) is 0 Å². The van der Waals surface area contributed by atoms with Crippen LogP contribution >= 0.6 is 27.5 Å². The number of aliphatic hydroxyl groups excluding tert-OH is 1. The minimum atomic E-state index is -0.0738. The summed E-state index contributed by atoms with van der Waals surface area (Å²) in [5.74, 6) is 1.43. The number of benzene rings is 2. The van der Waals surface area contributed by atoms with Gasteiger partial charge in [-0.3, -0.25) is 0 Å². The van der Waals surface area contributed by atoms with Crippen LogP contribution in [0.5, 0.6) is 11.5 Å². The average molecular weight is 342 g/mol. The van der Waals surface area contributed by atoms with Crippen molar-refractivity contribution in [3.05, 3.63) is 56.5 Å². The molecule has 4 heteroatoms. The molecule has 0 aliphatic rings. The lowest BCUT2D eigenvalue weighted by Gasteiger charge is -2.11. The Bertz CT molecular complexity index is 588. The largest absolute Gasteiger partial charge is 0.457 e. The van der Waals surface area contributed by atoms with Crippen LogP contribution in [-0.4, -0.2) is 5.11 Å². The van der Waals surface area contributed by atoms with E-state index >= 15 is 0 Å². The van der Waals surface area contributed by atoms with Crippen LogP contribution < -0.4 is 4.74 Å². The third-order valence-corrected chi connectivity index (χ3v) is 4.44. The highest BCUT2D eigenvalue weighted by Gasteiger charge is 2.06. The van der Waals surface area contributed by atoms with Crippen molar-refractivity contribution in [1.82, 2.24) is 0 Å². The predicted molar refractivity (Wildman–Crippen MR) is 81.1 cm³/mol. The summed E-state index contributed by atoms with van der Waals surface area (Å²) >= 11 is 9.56. The van der Waals surface area contributed by atoms with Crippen molar-refractivity contribution in [1.29, 1.82) is 0 Å².